The summed E-state index contributed by atoms with van der Waals surface area (Å²) >= 11 is 5.29. The van der Waals surface area contributed by atoms with Gasteiger partial charge in [0.1, 0.15) is 0 Å². The van der Waals surface area contributed by atoms with Crippen LogP contribution < -0.4 is 5.56 Å². The van der Waals surface area contributed by atoms with Gasteiger partial charge in [-0.15, -0.1) is 0 Å². The van der Waals surface area contributed by atoms with Crippen molar-refractivity contribution in [3.8, 4) is 0 Å². The molecule has 0 N–H and O–H groups in total. The minimum Gasteiger partial charge on any atom is -0.305 e. The highest BCUT2D eigenvalue weighted by Gasteiger charge is 1.95. The summed E-state index contributed by atoms with van der Waals surface area (Å²) in [6, 6.07) is 3.58. The van der Waals surface area contributed by atoms with E-state index in [1.807, 2.05) is 6.07 Å². The van der Waals surface area contributed by atoms with E-state index in [-0.39, 0.29) is 5.56 Å². The number of nitrogens with zero attached hydrogens (tertiary/aromatic N) is 1. The van der Waals surface area contributed by atoms with Crippen LogP contribution in [-0.2, 0) is 4.55 Å². The van der Waals surface area contributed by atoms with Gasteiger partial charge in [-0.1, -0.05) is 22.6 Å². The second-order valence-electron chi connectivity index (χ2n) is 1.75. The fourth-order valence-corrected chi connectivity index (χ4v) is 1.52. The van der Waals surface area contributed by atoms with Crippen LogP contribution in [0.2, 0.25) is 0 Å². The van der Waals surface area contributed by atoms with E-state index in [1.54, 1.807) is 16.8 Å². The second kappa shape index (κ2) is 3.52. The van der Waals surface area contributed by atoms with Gasteiger partial charge in [0.2, 0.25) is 0 Å². The van der Waals surface area contributed by atoms with Crippen molar-refractivity contribution < 1.29 is 0 Å². The maximum atomic E-state index is 11.1. The summed E-state index contributed by atoms with van der Waals surface area (Å²) in [7, 11) is 0. The molecule has 0 aromatic carbocycles. The van der Waals surface area contributed by atoms with Gasteiger partial charge < -0.3 is 4.57 Å². The minimum atomic E-state index is 0.0249. The van der Waals surface area contributed by atoms with E-state index in [0.717, 1.165) is 0 Å². The largest absolute Gasteiger partial charge is 0.305 e. The Hall–Kier alpha value is 0.160. The van der Waals surface area contributed by atoms with E-state index < -0.39 is 0 Å². The number of aromatic nitrogens is 1. The number of hydrogen-bond donors (Lipinski definition) is 0. The zero-order valence-electron chi connectivity index (χ0n) is 5.05. The molecule has 0 unspecified atom stereocenters. The first-order valence-corrected chi connectivity index (χ1v) is 4.98. The molecule has 0 aliphatic heterocycles. The summed E-state index contributed by atoms with van der Waals surface area (Å²) in [5.41, 5.74) is 0.0249. The summed E-state index contributed by atoms with van der Waals surface area (Å²) in [5.74, 6) is 0. The topological polar surface area (TPSA) is 22.0 Å². The summed E-state index contributed by atoms with van der Waals surface area (Å²) < 4.78 is 2.94. The monoisotopic (exact) mass is 313 g/mol. The number of pyridine rings is 1. The first kappa shape index (κ1) is 8.26. The predicted octanol–water partition coefficient (Wildman–Crippen LogP) is 2.00. The highest BCUT2D eigenvalue weighted by molar-refractivity contribution is 14.1. The van der Waals surface area contributed by atoms with E-state index in [9.17, 15) is 4.79 Å². The molecule has 4 heteroatoms. The quantitative estimate of drug-likeness (QED) is 0.574. The first-order valence-electron chi connectivity index (χ1n) is 2.66. The van der Waals surface area contributed by atoms with Gasteiger partial charge in [-0.2, -0.15) is 0 Å². The minimum absolute atomic E-state index is 0.0249. The third-order valence-electron chi connectivity index (χ3n) is 1.10. The van der Waals surface area contributed by atoms with Crippen molar-refractivity contribution in [2.45, 2.75) is 4.55 Å². The van der Waals surface area contributed by atoms with Crippen molar-refractivity contribution >= 4 is 38.5 Å². The zero-order chi connectivity index (χ0) is 7.56. The smallest absolute Gasteiger partial charge is 0.265 e. The van der Waals surface area contributed by atoms with Crippen LogP contribution >= 0.6 is 38.5 Å². The van der Waals surface area contributed by atoms with E-state index in [0.29, 0.717) is 9.02 Å². The first-order chi connectivity index (χ1) is 4.75. The van der Waals surface area contributed by atoms with Crippen molar-refractivity contribution in [3.63, 3.8) is 0 Å². The van der Waals surface area contributed by atoms with Gasteiger partial charge in [-0.25, -0.2) is 0 Å². The van der Waals surface area contributed by atoms with Crippen LogP contribution in [0.25, 0.3) is 0 Å². The Kier molecular flexibility index (Phi) is 2.91. The van der Waals surface area contributed by atoms with Crippen molar-refractivity contribution in [3.05, 3.63) is 33.2 Å². The highest BCUT2D eigenvalue weighted by atomic mass is 127. The molecule has 0 aliphatic rings. The van der Waals surface area contributed by atoms with Crippen LogP contribution in [0.4, 0.5) is 0 Å². The number of alkyl halides is 1. The summed E-state index contributed by atoms with van der Waals surface area (Å²) in [6.07, 6.45) is 1.76. The number of hydrogen-bond acceptors (Lipinski definition) is 1. The Labute approximate surface area is 80.5 Å². The Morgan fingerprint density at radius 1 is 1.70 bits per heavy atom. The Balaban J connectivity index is 3.28. The Morgan fingerprint density at radius 2 is 2.40 bits per heavy atom. The van der Waals surface area contributed by atoms with Crippen molar-refractivity contribution in [1.82, 2.24) is 4.57 Å². The van der Waals surface area contributed by atoms with E-state index in [2.05, 4.69) is 38.5 Å². The molecule has 0 radical (unpaired) electrons. The van der Waals surface area contributed by atoms with Crippen molar-refractivity contribution in [1.29, 1.82) is 0 Å². The molecule has 10 heavy (non-hydrogen) atoms. The fraction of sp³-hybridized carbons (Fsp3) is 0.167. The highest BCUT2D eigenvalue weighted by Crippen LogP contribution is 2.01. The SMILES string of the molecule is O=c1c(Br)cccn1CI. The normalized spacial score (nSPS) is 9.80. The zero-order valence-corrected chi connectivity index (χ0v) is 8.79. The molecular weight excluding hydrogens is 309 g/mol. The lowest BCUT2D eigenvalue weighted by atomic mass is 10.5. The molecule has 1 aromatic rings. The average Bonchev–Trinajstić information content (AvgIpc) is 1.95. The molecule has 0 fully saturated rings. The van der Waals surface area contributed by atoms with Gasteiger partial charge in [-0.3, -0.25) is 4.79 Å². The Bertz CT molecular complexity index is 283. The van der Waals surface area contributed by atoms with Crippen LogP contribution in [-0.4, -0.2) is 4.57 Å². The molecule has 0 amide bonds. The second-order valence-corrected chi connectivity index (χ2v) is 3.29. The van der Waals surface area contributed by atoms with Crippen LogP contribution in [0, 0.1) is 0 Å². The molecule has 1 heterocycles. The molecule has 1 aromatic heterocycles. The standard InChI is InChI=1S/C6H5BrINO/c7-5-2-1-3-9(4-8)6(5)10/h1-3H,4H2. The lowest BCUT2D eigenvalue weighted by Crippen LogP contribution is -2.17. The molecular formula is C6H5BrINO. The van der Waals surface area contributed by atoms with E-state index in [4.69, 9.17) is 0 Å². The molecule has 0 aliphatic carbocycles. The fourth-order valence-electron chi connectivity index (χ4n) is 0.602. The van der Waals surface area contributed by atoms with Gasteiger partial charge in [0, 0.05) is 6.20 Å². The Morgan fingerprint density at radius 3 is 2.90 bits per heavy atom. The van der Waals surface area contributed by atoms with Gasteiger partial charge in [0.05, 0.1) is 9.02 Å². The summed E-state index contributed by atoms with van der Waals surface area (Å²) in [6.45, 7) is 0. The molecule has 1 rings (SSSR count). The molecule has 0 saturated carbocycles. The maximum Gasteiger partial charge on any atom is 0.265 e. The number of rotatable bonds is 1. The summed E-state index contributed by atoms with van der Waals surface area (Å²) in [4.78, 5) is 11.1. The van der Waals surface area contributed by atoms with Gasteiger partial charge in [-0.05, 0) is 28.1 Å². The molecule has 0 spiro atoms. The number of halogens is 2. The van der Waals surface area contributed by atoms with Crippen LogP contribution in [0.3, 0.4) is 0 Å². The van der Waals surface area contributed by atoms with Crippen LogP contribution in [0.1, 0.15) is 0 Å². The summed E-state index contributed by atoms with van der Waals surface area (Å²) in [5, 5.41) is 0. The molecule has 54 valence electrons. The third kappa shape index (κ3) is 1.60. The van der Waals surface area contributed by atoms with E-state index in [1.165, 1.54) is 0 Å². The molecule has 0 saturated heterocycles. The maximum absolute atomic E-state index is 11.1. The van der Waals surface area contributed by atoms with Gasteiger partial charge in [0.25, 0.3) is 5.56 Å². The lowest BCUT2D eigenvalue weighted by molar-refractivity contribution is 0.853. The van der Waals surface area contributed by atoms with Gasteiger partial charge >= 0.3 is 0 Å². The lowest BCUT2D eigenvalue weighted by Gasteiger charge is -1.97. The van der Waals surface area contributed by atoms with Crippen molar-refractivity contribution in [2.24, 2.45) is 0 Å². The predicted molar refractivity (Wildman–Crippen MR) is 52.4 cm³/mol. The molecule has 0 bridgehead atoms. The average molecular weight is 314 g/mol. The van der Waals surface area contributed by atoms with Crippen LogP contribution in [0.15, 0.2) is 27.6 Å². The van der Waals surface area contributed by atoms with E-state index >= 15 is 0 Å². The third-order valence-corrected chi connectivity index (χ3v) is 2.44. The molecule has 2 nitrogen and oxygen atoms in total. The van der Waals surface area contributed by atoms with Gasteiger partial charge in [0.15, 0.2) is 0 Å². The molecule has 0 atom stereocenters. The van der Waals surface area contributed by atoms with Crippen LogP contribution in [0.5, 0.6) is 0 Å². The van der Waals surface area contributed by atoms with Crippen molar-refractivity contribution in [2.75, 3.05) is 0 Å².